The first-order valence-electron chi connectivity index (χ1n) is 16.2. The third kappa shape index (κ3) is 7.06. The lowest BCUT2D eigenvalue weighted by atomic mass is 9.85. The Hall–Kier alpha value is -2.99. The van der Waals surface area contributed by atoms with Gasteiger partial charge in [0.15, 0.2) is 5.82 Å². The minimum absolute atomic E-state index is 0.0691. The molecular formula is C33H42F3N5O3S. The number of piperidine rings is 1. The molecule has 3 aromatic rings. The molecule has 8 bridgehead atoms. The van der Waals surface area contributed by atoms with Crippen LogP contribution in [0.4, 0.5) is 19.0 Å². The largest absolute Gasteiger partial charge is 0.478 e. The number of ether oxygens (including phenoxy) is 2. The third-order valence-corrected chi connectivity index (χ3v) is 11.0. The number of anilines is 1. The molecule has 0 amide bonds. The van der Waals surface area contributed by atoms with Crippen molar-refractivity contribution in [3.63, 3.8) is 0 Å². The number of hydrogen-bond donors (Lipinski definition) is 1. The molecule has 2 fully saturated rings. The Morgan fingerprint density at radius 2 is 1.78 bits per heavy atom. The number of alkyl halides is 2. The van der Waals surface area contributed by atoms with Gasteiger partial charge < -0.3 is 19.7 Å². The van der Waals surface area contributed by atoms with E-state index in [0.29, 0.717) is 66.6 Å². The van der Waals surface area contributed by atoms with E-state index in [9.17, 15) is 4.21 Å². The van der Waals surface area contributed by atoms with E-state index in [-0.39, 0.29) is 23.9 Å². The van der Waals surface area contributed by atoms with Crippen LogP contribution in [-0.4, -0.2) is 69.1 Å². The predicted octanol–water partition coefficient (Wildman–Crippen LogP) is 6.56. The maximum Gasteiger partial charge on any atom is 0.278 e. The Morgan fingerprint density at radius 1 is 1.02 bits per heavy atom. The number of methoxy groups -OCH3 is 1. The summed E-state index contributed by atoms with van der Waals surface area (Å²) in [5.74, 6) is -2.65. The summed E-state index contributed by atoms with van der Waals surface area (Å²) in [5.41, 5.74) is 0.924. The van der Waals surface area contributed by atoms with Crippen molar-refractivity contribution in [2.45, 2.75) is 76.2 Å². The number of nitrogens with one attached hydrogen (secondary N) is 1. The van der Waals surface area contributed by atoms with Crippen LogP contribution in [0.3, 0.4) is 0 Å². The van der Waals surface area contributed by atoms with Crippen molar-refractivity contribution >= 4 is 27.5 Å². The molecule has 244 valence electrons. The molecule has 0 spiro atoms. The maximum atomic E-state index is 15.8. The summed E-state index contributed by atoms with van der Waals surface area (Å²) in [4.78, 5) is 7.13. The summed E-state index contributed by atoms with van der Waals surface area (Å²) in [7, 11) is 0.661. The van der Waals surface area contributed by atoms with E-state index in [1.165, 1.54) is 25.3 Å². The van der Waals surface area contributed by atoms with Gasteiger partial charge in [0.05, 0.1) is 24.7 Å². The molecule has 0 aliphatic carbocycles. The first-order valence-corrected chi connectivity index (χ1v) is 17.7. The molecule has 0 unspecified atom stereocenters. The van der Waals surface area contributed by atoms with Gasteiger partial charge in [0.2, 0.25) is 5.88 Å². The van der Waals surface area contributed by atoms with Crippen LogP contribution in [0.1, 0.15) is 80.4 Å². The van der Waals surface area contributed by atoms with E-state index in [4.69, 9.17) is 14.5 Å². The molecule has 8 nitrogen and oxygen atoms in total. The molecule has 1 N–H and O–H groups in total. The summed E-state index contributed by atoms with van der Waals surface area (Å²) < 4.78 is 71.3. The maximum absolute atomic E-state index is 15.8. The van der Waals surface area contributed by atoms with Crippen LogP contribution in [0, 0.1) is 11.7 Å². The van der Waals surface area contributed by atoms with Gasteiger partial charge in [0.25, 0.3) is 11.8 Å². The normalized spacial score (nSPS) is 26.3. The van der Waals surface area contributed by atoms with Crippen LogP contribution >= 0.6 is 0 Å². The lowest BCUT2D eigenvalue weighted by molar-refractivity contribution is -0.0880. The second-order valence-corrected chi connectivity index (χ2v) is 14.1. The van der Waals surface area contributed by atoms with Gasteiger partial charge in [0, 0.05) is 45.9 Å². The SMILES string of the molecule is COc1nnc2c3cc(C4CCS(=O)CC4)c(nc13)OCCCCCCCN1CCC(CC1)C(F)(F)c1cccc(c1F)CN2. The van der Waals surface area contributed by atoms with E-state index in [1.54, 1.807) is 0 Å². The van der Waals surface area contributed by atoms with Gasteiger partial charge in [-0.1, -0.05) is 37.5 Å². The number of pyridine rings is 1. The zero-order valence-electron chi connectivity index (χ0n) is 25.8. The zero-order chi connectivity index (χ0) is 31.4. The van der Waals surface area contributed by atoms with Crippen LogP contribution in [0.5, 0.6) is 11.8 Å². The van der Waals surface area contributed by atoms with Gasteiger partial charge in [-0.3, -0.25) is 4.21 Å². The zero-order valence-corrected chi connectivity index (χ0v) is 26.7. The van der Waals surface area contributed by atoms with E-state index >= 15 is 13.2 Å². The van der Waals surface area contributed by atoms with Gasteiger partial charge in [-0.2, -0.15) is 0 Å². The monoisotopic (exact) mass is 645 g/mol. The minimum Gasteiger partial charge on any atom is -0.478 e. The second-order valence-electron chi connectivity index (χ2n) is 12.4. The molecule has 45 heavy (non-hydrogen) atoms. The van der Waals surface area contributed by atoms with E-state index in [0.717, 1.165) is 57.1 Å². The molecule has 12 heteroatoms. The molecule has 0 atom stereocenters. The van der Waals surface area contributed by atoms with Crippen LogP contribution in [0.2, 0.25) is 0 Å². The summed E-state index contributed by atoms with van der Waals surface area (Å²) >= 11 is 0. The van der Waals surface area contributed by atoms with Gasteiger partial charge >= 0.3 is 0 Å². The second kappa shape index (κ2) is 14.2. The third-order valence-electron chi connectivity index (χ3n) is 9.58. The van der Waals surface area contributed by atoms with Gasteiger partial charge in [-0.25, -0.2) is 18.2 Å². The Morgan fingerprint density at radius 3 is 2.56 bits per heavy atom. The molecular weight excluding hydrogens is 603 g/mol. The Labute approximate surface area is 264 Å². The van der Waals surface area contributed by atoms with Crippen molar-refractivity contribution in [1.29, 1.82) is 0 Å². The number of hydrogen-bond acceptors (Lipinski definition) is 8. The van der Waals surface area contributed by atoms with Gasteiger partial charge in [-0.15, -0.1) is 10.2 Å². The van der Waals surface area contributed by atoms with Crippen molar-refractivity contribution in [2.24, 2.45) is 5.92 Å². The van der Waals surface area contributed by atoms with Crippen molar-refractivity contribution in [1.82, 2.24) is 20.1 Å². The van der Waals surface area contributed by atoms with Crippen LogP contribution in [0.25, 0.3) is 10.9 Å². The first-order chi connectivity index (χ1) is 21.8. The molecule has 6 aliphatic rings. The number of halogens is 3. The summed E-state index contributed by atoms with van der Waals surface area (Å²) in [6, 6.07) is 6.19. The topological polar surface area (TPSA) is 89.5 Å². The molecule has 8 heterocycles. The van der Waals surface area contributed by atoms with Gasteiger partial charge in [-0.05, 0) is 70.1 Å². The fraction of sp³-hybridized carbons (Fsp3) is 0.606. The standard InChI is InChI=1S/C33H42F3N5O3S/c1-43-32-29-26-20-25(22-12-18-45(42)19-13-22)31(38-29)44-17-6-4-2-3-5-14-41-15-10-24(11-16-41)33(35,36)27-9-7-8-23(28(27)34)21-37-30(26)39-40-32/h7-9,20,22,24H,2-6,10-19,21H2,1H3,(H,37,39). The van der Waals surface area contributed by atoms with Gasteiger partial charge in [0.1, 0.15) is 11.3 Å². The molecule has 6 aliphatic heterocycles. The fourth-order valence-corrected chi connectivity index (χ4v) is 8.16. The molecule has 2 saturated heterocycles. The van der Waals surface area contributed by atoms with Crippen molar-refractivity contribution in [3.05, 3.63) is 46.8 Å². The highest BCUT2D eigenvalue weighted by molar-refractivity contribution is 7.85. The highest BCUT2D eigenvalue weighted by atomic mass is 32.2. The number of benzene rings is 1. The average Bonchev–Trinajstić information content (AvgIpc) is 3.05. The van der Waals surface area contributed by atoms with Crippen molar-refractivity contribution in [3.8, 4) is 11.8 Å². The first kappa shape index (κ1) is 32.0. The average molecular weight is 646 g/mol. The summed E-state index contributed by atoms with van der Waals surface area (Å²) in [5, 5.41) is 12.3. The predicted molar refractivity (Wildman–Crippen MR) is 169 cm³/mol. The van der Waals surface area contributed by atoms with E-state index in [2.05, 4.69) is 20.4 Å². The van der Waals surface area contributed by atoms with Crippen LogP contribution in [0.15, 0.2) is 24.3 Å². The van der Waals surface area contributed by atoms with Crippen molar-refractivity contribution < 1.29 is 26.9 Å². The lowest BCUT2D eigenvalue weighted by Crippen LogP contribution is -2.40. The van der Waals surface area contributed by atoms with Crippen LogP contribution in [-0.2, 0) is 23.3 Å². The fourth-order valence-electron chi connectivity index (χ4n) is 6.86. The molecule has 0 saturated carbocycles. The Balaban J connectivity index is 1.37. The van der Waals surface area contributed by atoms with Crippen molar-refractivity contribution in [2.75, 3.05) is 50.2 Å². The smallest absolute Gasteiger partial charge is 0.278 e. The number of rotatable bonds is 2. The van der Waals surface area contributed by atoms with E-state index in [1.807, 2.05) is 6.07 Å². The highest BCUT2D eigenvalue weighted by Gasteiger charge is 2.44. The highest BCUT2D eigenvalue weighted by Crippen LogP contribution is 2.43. The molecule has 1 aromatic carbocycles. The molecule has 9 rings (SSSR count). The number of aromatic nitrogens is 3. The van der Waals surface area contributed by atoms with E-state index < -0.39 is 34.0 Å². The summed E-state index contributed by atoms with van der Waals surface area (Å²) in [6.45, 7) is 2.55. The Bertz CT molecular complexity index is 1510. The number of nitrogens with zero attached hydrogens (tertiary/aromatic N) is 4. The molecule has 0 radical (unpaired) electrons. The lowest BCUT2D eigenvalue weighted by Gasteiger charge is -2.36. The molecule has 2 aromatic heterocycles. The summed E-state index contributed by atoms with van der Waals surface area (Å²) in [6.07, 6.45) is 7.24. The Kier molecular flexibility index (Phi) is 10.1. The van der Waals surface area contributed by atoms with Crippen LogP contribution < -0.4 is 14.8 Å². The minimum atomic E-state index is -3.27. The quantitative estimate of drug-likeness (QED) is 0.336.